The smallest absolute Gasteiger partial charge is 0.338 e. The highest BCUT2D eigenvalue weighted by atomic mass is 32.2. The molecule has 0 aliphatic carbocycles. The fourth-order valence-electron chi connectivity index (χ4n) is 3.06. The van der Waals surface area contributed by atoms with Crippen molar-refractivity contribution in [1.82, 2.24) is 4.90 Å². The summed E-state index contributed by atoms with van der Waals surface area (Å²) in [6.07, 6.45) is 0.709. The number of methoxy groups -OCH3 is 2. The van der Waals surface area contributed by atoms with E-state index in [4.69, 9.17) is 9.47 Å². The van der Waals surface area contributed by atoms with Gasteiger partial charge >= 0.3 is 5.97 Å². The van der Waals surface area contributed by atoms with Crippen molar-refractivity contribution in [3.63, 3.8) is 0 Å². The molecule has 7 heteroatoms. The van der Waals surface area contributed by atoms with Crippen molar-refractivity contribution in [3.05, 3.63) is 41.1 Å². The minimum Gasteiger partial charge on any atom is -0.497 e. The average Bonchev–Trinajstić information content (AvgIpc) is 2.95. The van der Waals surface area contributed by atoms with Crippen LogP contribution in [0.1, 0.15) is 31.9 Å². The minimum atomic E-state index is -0.539. The molecular formula is C18H20N2O4S. The lowest BCUT2D eigenvalue weighted by molar-refractivity contribution is -0.137. The van der Waals surface area contributed by atoms with Crippen molar-refractivity contribution in [1.29, 1.82) is 0 Å². The molecule has 3 rings (SSSR count). The number of rotatable bonds is 4. The third-order valence-electron chi connectivity index (χ3n) is 4.36. The Kier molecular flexibility index (Phi) is 4.85. The number of amidine groups is 1. The van der Waals surface area contributed by atoms with Gasteiger partial charge in [0.05, 0.1) is 36.8 Å². The van der Waals surface area contributed by atoms with Gasteiger partial charge in [-0.05, 0) is 31.0 Å². The number of hydrogen-bond donors (Lipinski definition) is 0. The average molecular weight is 360 g/mol. The van der Waals surface area contributed by atoms with Crippen molar-refractivity contribution in [2.45, 2.75) is 31.6 Å². The van der Waals surface area contributed by atoms with E-state index in [9.17, 15) is 9.59 Å². The lowest BCUT2D eigenvalue weighted by Gasteiger charge is -2.32. The summed E-state index contributed by atoms with van der Waals surface area (Å²) in [7, 11) is 2.93. The third kappa shape index (κ3) is 2.93. The molecule has 2 aliphatic rings. The van der Waals surface area contributed by atoms with Crippen molar-refractivity contribution in [2.24, 2.45) is 4.99 Å². The summed E-state index contributed by atoms with van der Waals surface area (Å²) in [5.41, 5.74) is 1.79. The largest absolute Gasteiger partial charge is 0.497 e. The molecule has 0 spiro atoms. The van der Waals surface area contributed by atoms with E-state index in [0.29, 0.717) is 28.6 Å². The van der Waals surface area contributed by atoms with Crippen molar-refractivity contribution in [2.75, 3.05) is 14.2 Å². The molecule has 1 aromatic rings. The van der Waals surface area contributed by atoms with Crippen LogP contribution in [0.2, 0.25) is 0 Å². The van der Waals surface area contributed by atoms with E-state index in [1.54, 1.807) is 18.9 Å². The van der Waals surface area contributed by atoms with Crippen LogP contribution in [0.15, 0.2) is 40.5 Å². The molecule has 25 heavy (non-hydrogen) atoms. The summed E-state index contributed by atoms with van der Waals surface area (Å²) in [4.78, 5) is 31.4. The lowest BCUT2D eigenvalue weighted by Crippen LogP contribution is -2.40. The van der Waals surface area contributed by atoms with Crippen molar-refractivity contribution in [3.8, 4) is 5.75 Å². The number of thioether (sulfide) groups is 1. The van der Waals surface area contributed by atoms with Gasteiger partial charge in [-0.25, -0.2) is 9.79 Å². The molecule has 2 aliphatic heterocycles. The number of benzene rings is 1. The summed E-state index contributed by atoms with van der Waals surface area (Å²) in [6, 6.07) is 6.81. The van der Waals surface area contributed by atoms with Crippen LogP contribution in [0.5, 0.6) is 5.75 Å². The van der Waals surface area contributed by atoms with Gasteiger partial charge in [-0.3, -0.25) is 9.69 Å². The van der Waals surface area contributed by atoms with E-state index in [0.717, 1.165) is 5.56 Å². The Morgan fingerprint density at radius 2 is 1.96 bits per heavy atom. The molecule has 0 aromatic heterocycles. The number of carbonyl (C=O) groups is 2. The number of fused-ring (bicyclic) bond motifs is 1. The Balaban J connectivity index is 2.12. The first-order valence-corrected chi connectivity index (χ1v) is 8.91. The first-order valence-electron chi connectivity index (χ1n) is 8.03. The molecule has 6 nitrogen and oxygen atoms in total. The van der Waals surface area contributed by atoms with Crippen molar-refractivity contribution < 1.29 is 19.1 Å². The number of aliphatic imine (C=N–C) groups is 1. The number of esters is 1. The Hall–Kier alpha value is -2.28. The van der Waals surface area contributed by atoms with Crippen LogP contribution < -0.4 is 4.74 Å². The number of hydrogen-bond acceptors (Lipinski definition) is 6. The minimum absolute atomic E-state index is 0.0269. The maximum absolute atomic E-state index is 12.9. The quantitative estimate of drug-likeness (QED) is 0.772. The van der Waals surface area contributed by atoms with E-state index in [1.807, 2.05) is 31.2 Å². The summed E-state index contributed by atoms with van der Waals surface area (Å²) in [5.74, 6) is 0.210. The van der Waals surface area contributed by atoms with E-state index in [2.05, 4.69) is 4.99 Å². The zero-order valence-electron chi connectivity index (χ0n) is 14.6. The van der Waals surface area contributed by atoms with E-state index in [-0.39, 0.29) is 11.2 Å². The van der Waals surface area contributed by atoms with Gasteiger partial charge in [0.25, 0.3) is 0 Å². The highest BCUT2D eigenvalue weighted by Gasteiger charge is 2.47. The first kappa shape index (κ1) is 17.5. The molecule has 0 bridgehead atoms. The predicted molar refractivity (Wildman–Crippen MR) is 96.4 cm³/mol. The second kappa shape index (κ2) is 6.92. The SMILES string of the molecule is CC[C@@H]1SC2=NC(C)=C(C(=O)OC)[C@H](c3ccc(OC)cc3)N2C1=O. The second-order valence-electron chi connectivity index (χ2n) is 5.78. The van der Waals surface area contributed by atoms with Gasteiger partial charge in [-0.2, -0.15) is 0 Å². The molecular weight excluding hydrogens is 340 g/mol. The van der Waals surface area contributed by atoms with Gasteiger partial charge in [0.2, 0.25) is 5.91 Å². The third-order valence-corrected chi connectivity index (χ3v) is 5.68. The molecule has 1 fully saturated rings. The maximum Gasteiger partial charge on any atom is 0.338 e. The van der Waals surface area contributed by atoms with Crippen LogP contribution in [0.3, 0.4) is 0 Å². The number of ether oxygens (including phenoxy) is 2. The zero-order valence-corrected chi connectivity index (χ0v) is 15.4. The Morgan fingerprint density at radius 1 is 1.28 bits per heavy atom. The van der Waals surface area contributed by atoms with Crippen molar-refractivity contribution >= 4 is 28.8 Å². The molecule has 0 radical (unpaired) electrons. The standard InChI is InChI=1S/C18H20N2O4S/c1-5-13-16(21)20-15(11-6-8-12(23-3)9-7-11)14(17(22)24-4)10(2)19-18(20)25-13/h6-9,13,15H,5H2,1-4H3/t13-,15-/m0/s1. The van der Waals surface area contributed by atoms with Gasteiger partial charge in [0.15, 0.2) is 5.17 Å². The molecule has 0 saturated carbocycles. The Bertz CT molecular complexity index is 770. The number of amides is 1. The topological polar surface area (TPSA) is 68.2 Å². The molecule has 0 unspecified atom stereocenters. The number of allylic oxidation sites excluding steroid dienone is 1. The highest BCUT2D eigenvalue weighted by Crippen LogP contribution is 2.44. The molecule has 2 atom stereocenters. The molecule has 1 saturated heterocycles. The normalized spacial score (nSPS) is 22.6. The van der Waals surface area contributed by atoms with Crippen LogP contribution in [0.25, 0.3) is 0 Å². The zero-order chi connectivity index (χ0) is 18.1. The Morgan fingerprint density at radius 3 is 2.52 bits per heavy atom. The van der Waals surface area contributed by atoms with Gasteiger partial charge in [-0.1, -0.05) is 30.8 Å². The molecule has 1 aromatic carbocycles. The fourth-order valence-corrected chi connectivity index (χ4v) is 4.20. The van der Waals surface area contributed by atoms with Crippen LogP contribution in [0, 0.1) is 0 Å². The second-order valence-corrected chi connectivity index (χ2v) is 6.95. The summed E-state index contributed by atoms with van der Waals surface area (Å²) >= 11 is 1.45. The van der Waals surface area contributed by atoms with Crippen LogP contribution in [-0.2, 0) is 14.3 Å². The molecule has 132 valence electrons. The Labute approximate surface area is 150 Å². The summed E-state index contributed by atoms with van der Waals surface area (Å²) in [6.45, 7) is 3.75. The molecule has 2 heterocycles. The predicted octanol–water partition coefficient (Wildman–Crippen LogP) is 2.91. The van der Waals surface area contributed by atoms with Crippen LogP contribution in [0.4, 0.5) is 0 Å². The number of nitrogens with zero attached hydrogens (tertiary/aromatic N) is 2. The first-order chi connectivity index (χ1) is 12.0. The van der Waals surface area contributed by atoms with E-state index in [1.165, 1.54) is 18.9 Å². The molecule has 1 amide bonds. The fraction of sp³-hybridized carbons (Fsp3) is 0.389. The summed E-state index contributed by atoms with van der Waals surface area (Å²) in [5, 5.41) is 0.465. The molecule has 0 N–H and O–H groups in total. The van der Waals surface area contributed by atoms with Gasteiger partial charge in [0, 0.05) is 0 Å². The van der Waals surface area contributed by atoms with Crippen LogP contribution >= 0.6 is 11.8 Å². The highest BCUT2D eigenvalue weighted by molar-refractivity contribution is 8.15. The summed E-state index contributed by atoms with van der Waals surface area (Å²) < 4.78 is 10.2. The van der Waals surface area contributed by atoms with Gasteiger partial charge in [0.1, 0.15) is 5.75 Å². The maximum atomic E-state index is 12.9. The van der Waals surface area contributed by atoms with Gasteiger partial charge < -0.3 is 9.47 Å². The van der Waals surface area contributed by atoms with E-state index < -0.39 is 12.0 Å². The number of carbonyl (C=O) groups excluding carboxylic acids is 2. The van der Waals surface area contributed by atoms with E-state index >= 15 is 0 Å². The van der Waals surface area contributed by atoms with Gasteiger partial charge in [-0.15, -0.1) is 0 Å². The van der Waals surface area contributed by atoms with Crippen LogP contribution in [-0.4, -0.2) is 41.4 Å². The monoisotopic (exact) mass is 360 g/mol. The lowest BCUT2D eigenvalue weighted by atomic mass is 9.94.